The van der Waals surface area contributed by atoms with Gasteiger partial charge >= 0.3 is 5.97 Å². The van der Waals surface area contributed by atoms with Crippen LogP contribution in [0.4, 0.5) is 0 Å². The molecule has 0 N–H and O–H groups in total. The summed E-state index contributed by atoms with van der Waals surface area (Å²) in [7, 11) is -0.955. The molecule has 0 aliphatic rings. The Bertz CT molecular complexity index is 444. The summed E-state index contributed by atoms with van der Waals surface area (Å²) in [6.45, 7) is 11.1. The molecule has 0 aromatic carbocycles. The van der Waals surface area contributed by atoms with Crippen LogP contribution in [0, 0.1) is 0 Å². The summed E-state index contributed by atoms with van der Waals surface area (Å²) < 4.78 is 5.28. The molecular formula is C30H60ClO2P. The van der Waals surface area contributed by atoms with Gasteiger partial charge in [0.2, 0.25) is 0 Å². The van der Waals surface area contributed by atoms with Gasteiger partial charge in [-0.1, -0.05) is 130 Å². The molecule has 0 bridgehead atoms. The second-order valence-electron chi connectivity index (χ2n) is 10.5. The second kappa shape index (κ2) is 27.5. The Morgan fingerprint density at radius 2 is 0.971 bits per heavy atom. The molecule has 0 spiro atoms. The summed E-state index contributed by atoms with van der Waals surface area (Å²) in [5.74, 6) is -0.273. The highest BCUT2D eigenvalue weighted by Gasteiger charge is 2.30. The van der Waals surface area contributed by atoms with Gasteiger partial charge in [0.05, 0.1) is 18.5 Å². The predicted octanol–water partition coefficient (Wildman–Crippen LogP) is 7.21. The predicted molar refractivity (Wildman–Crippen MR) is 152 cm³/mol. The molecule has 2 nitrogen and oxygen atoms in total. The Kier molecular flexibility index (Phi) is 29.2. The molecule has 0 rings (SSSR count). The fourth-order valence-electron chi connectivity index (χ4n) is 4.70. The lowest BCUT2D eigenvalue weighted by Gasteiger charge is -2.23. The van der Waals surface area contributed by atoms with E-state index in [1.807, 2.05) is 0 Å². The van der Waals surface area contributed by atoms with Crippen molar-refractivity contribution in [2.45, 2.75) is 142 Å². The van der Waals surface area contributed by atoms with Gasteiger partial charge in [0.25, 0.3) is 0 Å². The van der Waals surface area contributed by atoms with E-state index in [0.717, 1.165) is 6.16 Å². The highest BCUT2D eigenvalue weighted by atomic mass is 35.5. The van der Waals surface area contributed by atoms with E-state index in [-0.39, 0.29) is 18.4 Å². The number of ether oxygens (including phenoxy) is 1. The standard InChI is InChI=1S/C30H60O2P.ClH/c1-5-8-10-11-12-13-14-15-16-17-18-19-20-21-22-23-24-25-28-33(4,27-9-6-2)29-26-32-30(31)7-3;/h7H,3,5-6,8-29H2,1-2,4H3;1H/q+1;/p-1. The fourth-order valence-corrected chi connectivity index (χ4v) is 7.97. The van der Waals surface area contributed by atoms with Gasteiger partial charge in [0, 0.05) is 20.0 Å². The van der Waals surface area contributed by atoms with Crippen LogP contribution in [0.3, 0.4) is 0 Å². The smallest absolute Gasteiger partial charge is 0.330 e. The van der Waals surface area contributed by atoms with Crippen molar-refractivity contribution in [1.82, 2.24) is 0 Å². The zero-order chi connectivity index (χ0) is 24.5. The topological polar surface area (TPSA) is 26.3 Å². The third-order valence-electron chi connectivity index (χ3n) is 7.15. The monoisotopic (exact) mass is 518 g/mol. The molecule has 1 atom stereocenters. The maximum absolute atomic E-state index is 11.3. The van der Waals surface area contributed by atoms with E-state index in [2.05, 4.69) is 27.1 Å². The molecule has 0 radical (unpaired) electrons. The van der Waals surface area contributed by atoms with Crippen LogP contribution in [-0.4, -0.2) is 37.7 Å². The van der Waals surface area contributed by atoms with Crippen LogP contribution in [0.1, 0.15) is 142 Å². The molecule has 204 valence electrons. The Hall–Kier alpha value is -0.0700. The molecule has 0 aliphatic carbocycles. The van der Waals surface area contributed by atoms with Crippen molar-refractivity contribution in [3.63, 3.8) is 0 Å². The van der Waals surface area contributed by atoms with E-state index in [4.69, 9.17) is 4.74 Å². The summed E-state index contributed by atoms with van der Waals surface area (Å²) in [5.41, 5.74) is 0. The number of halogens is 1. The number of hydrogen-bond acceptors (Lipinski definition) is 2. The number of unbranched alkanes of at least 4 members (excludes halogenated alkanes) is 18. The summed E-state index contributed by atoms with van der Waals surface area (Å²) in [6, 6.07) is 0. The molecule has 34 heavy (non-hydrogen) atoms. The first-order valence-corrected chi connectivity index (χ1v) is 17.5. The van der Waals surface area contributed by atoms with E-state index in [0.29, 0.717) is 6.61 Å². The van der Waals surface area contributed by atoms with E-state index in [1.54, 1.807) is 0 Å². The quantitative estimate of drug-likeness (QED) is 0.0523. The average Bonchev–Trinajstić information content (AvgIpc) is 2.82. The van der Waals surface area contributed by atoms with Gasteiger partial charge in [0.15, 0.2) is 0 Å². The van der Waals surface area contributed by atoms with Gasteiger partial charge in [-0.15, -0.1) is 0 Å². The molecule has 0 heterocycles. The Morgan fingerprint density at radius 3 is 1.35 bits per heavy atom. The van der Waals surface area contributed by atoms with Crippen molar-refractivity contribution >= 4 is 13.2 Å². The van der Waals surface area contributed by atoms with Crippen LogP contribution < -0.4 is 12.4 Å². The van der Waals surface area contributed by atoms with E-state index < -0.39 is 7.26 Å². The summed E-state index contributed by atoms with van der Waals surface area (Å²) >= 11 is 0. The zero-order valence-electron chi connectivity index (χ0n) is 23.4. The SMILES string of the molecule is C=CC(=O)OCC[P+](C)(CCCC)CCCCCCCCCCCCCCCCCCCC.[Cl-]. The van der Waals surface area contributed by atoms with Crippen LogP contribution >= 0.6 is 7.26 Å². The molecule has 0 amide bonds. The van der Waals surface area contributed by atoms with Gasteiger partial charge < -0.3 is 17.1 Å². The molecular weight excluding hydrogens is 459 g/mol. The van der Waals surface area contributed by atoms with E-state index in [9.17, 15) is 4.79 Å². The normalized spacial score (nSPS) is 12.7. The molecule has 4 heteroatoms. The Labute approximate surface area is 221 Å². The molecule has 0 aliphatic heterocycles. The van der Waals surface area contributed by atoms with E-state index >= 15 is 0 Å². The summed E-state index contributed by atoms with van der Waals surface area (Å²) in [5, 5.41) is 0. The third-order valence-corrected chi connectivity index (χ3v) is 11.2. The lowest BCUT2D eigenvalue weighted by Crippen LogP contribution is -3.00. The summed E-state index contributed by atoms with van der Waals surface area (Å²) in [6.07, 6.45) is 33.5. The third kappa shape index (κ3) is 25.0. The van der Waals surface area contributed by atoms with Gasteiger partial charge in [-0.05, 0) is 19.3 Å². The molecule has 0 fully saturated rings. The first-order valence-electron chi connectivity index (χ1n) is 14.7. The summed E-state index contributed by atoms with van der Waals surface area (Å²) in [4.78, 5) is 11.3. The molecule has 0 aromatic heterocycles. The minimum atomic E-state index is -0.955. The number of hydrogen-bond donors (Lipinski definition) is 0. The van der Waals surface area contributed by atoms with E-state index in [1.165, 1.54) is 147 Å². The first-order chi connectivity index (χ1) is 16.1. The highest BCUT2D eigenvalue weighted by molar-refractivity contribution is 7.75. The minimum Gasteiger partial charge on any atom is -1.00 e. The maximum Gasteiger partial charge on any atom is 0.330 e. The Morgan fingerprint density at radius 1 is 0.618 bits per heavy atom. The molecule has 1 unspecified atom stereocenters. The molecule has 0 aromatic rings. The van der Waals surface area contributed by atoms with Crippen LogP contribution in [0.25, 0.3) is 0 Å². The fraction of sp³-hybridized carbons (Fsp3) is 0.900. The van der Waals surface area contributed by atoms with Crippen molar-refractivity contribution in [2.24, 2.45) is 0 Å². The van der Waals surface area contributed by atoms with Crippen molar-refractivity contribution < 1.29 is 21.9 Å². The van der Waals surface area contributed by atoms with Crippen LogP contribution in [-0.2, 0) is 9.53 Å². The number of carbonyl (C=O) groups is 1. The number of carbonyl (C=O) groups excluding carboxylic acids is 1. The van der Waals surface area contributed by atoms with Gasteiger partial charge in [-0.2, -0.15) is 0 Å². The van der Waals surface area contributed by atoms with Crippen molar-refractivity contribution in [1.29, 1.82) is 0 Å². The number of rotatable bonds is 26. The lowest BCUT2D eigenvalue weighted by atomic mass is 10.0. The lowest BCUT2D eigenvalue weighted by molar-refractivity contribution is -0.137. The van der Waals surface area contributed by atoms with Gasteiger partial charge in [-0.3, -0.25) is 0 Å². The van der Waals surface area contributed by atoms with Crippen molar-refractivity contribution in [3.8, 4) is 0 Å². The zero-order valence-corrected chi connectivity index (χ0v) is 25.0. The molecule has 0 saturated heterocycles. The Balaban J connectivity index is 0. The average molecular weight is 519 g/mol. The van der Waals surface area contributed by atoms with Crippen LogP contribution in [0.2, 0.25) is 0 Å². The van der Waals surface area contributed by atoms with Crippen LogP contribution in [0.5, 0.6) is 0 Å². The maximum atomic E-state index is 11.3. The molecule has 0 saturated carbocycles. The highest BCUT2D eigenvalue weighted by Crippen LogP contribution is 2.56. The second-order valence-corrected chi connectivity index (χ2v) is 15.1. The van der Waals surface area contributed by atoms with Crippen LogP contribution in [0.15, 0.2) is 12.7 Å². The largest absolute Gasteiger partial charge is 1.00 e. The van der Waals surface area contributed by atoms with Gasteiger partial charge in [0.1, 0.15) is 6.61 Å². The van der Waals surface area contributed by atoms with Crippen molar-refractivity contribution in [2.75, 3.05) is 31.8 Å². The van der Waals surface area contributed by atoms with Crippen molar-refractivity contribution in [3.05, 3.63) is 12.7 Å². The number of esters is 1. The minimum absolute atomic E-state index is 0. The first kappa shape index (κ1) is 36.1. The van der Waals surface area contributed by atoms with Gasteiger partial charge in [-0.25, -0.2) is 4.79 Å².